The smallest absolute Gasteiger partial charge is 0.294 e. The Bertz CT molecular complexity index is 1490. The van der Waals surface area contributed by atoms with E-state index < -0.39 is 11.7 Å². The summed E-state index contributed by atoms with van der Waals surface area (Å²) < 4.78 is 40.8. The third-order valence-corrected chi connectivity index (χ3v) is 5.66. The Morgan fingerprint density at radius 3 is 2.53 bits per heavy atom. The van der Waals surface area contributed by atoms with Crippen LogP contribution in [0.5, 0.6) is 0 Å². The van der Waals surface area contributed by atoms with Gasteiger partial charge in [-0.25, -0.2) is 9.97 Å². The molecule has 3 aromatic heterocycles. The van der Waals surface area contributed by atoms with Crippen LogP contribution in [-0.2, 0) is 19.6 Å². The van der Waals surface area contributed by atoms with E-state index in [9.17, 15) is 18.0 Å². The van der Waals surface area contributed by atoms with Crippen LogP contribution in [-0.4, -0.2) is 35.3 Å². The normalized spacial score (nSPS) is 12.0. The summed E-state index contributed by atoms with van der Waals surface area (Å²) in [6, 6.07) is 12.0. The minimum absolute atomic E-state index is 0.00437. The second kappa shape index (κ2) is 8.36. The van der Waals surface area contributed by atoms with Gasteiger partial charge in [-0.1, -0.05) is 0 Å². The van der Waals surface area contributed by atoms with E-state index in [0.717, 1.165) is 17.8 Å². The molecular formula is C24H19F3N6O. The first-order valence-corrected chi connectivity index (χ1v) is 10.6. The van der Waals surface area contributed by atoms with Gasteiger partial charge in [0.25, 0.3) is 0 Å². The van der Waals surface area contributed by atoms with Crippen molar-refractivity contribution in [3.8, 4) is 5.69 Å². The van der Waals surface area contributed by atoms with Gasteiger partial charge in [0.15, 0.2) is 11.4 Å². The van der Waals surface area contributed by atoms with E-state index in [1.165, 1.54) is 23.3 Å². The van der Waals surface area contributed by atoms with E-state index in [4.69, 9.17) is 0 Å². The van der Waals surface area contributed by atoms with Gasteiger partial charge in [0, 0.05) is 42.0 Å². The molecule has 0 N–H and O–H groups in total. The topological polar surface area (TPSA) is 78.5 Å². The van der Waals surface area contributed by atoms with Crippen LogP contribution >= 0.6 is 0 Å². The quantitative estimate of drug-likeness (QED) is 0.333. The minimum Gasteiger partial charge on any atom is -0.294 e. The van der Waals surface area contributed by atoms with Crippen molar-refractivity contribution < 1.29 is 18.0 Å². The maximum Gasteiger partial charge on any atom is 0.416 e. The number of ketones is 1. The van der Waals surface area contributed by atoms with Gasteiger partial charge in [-0.2, -0.15) is 23.1 Å². The summed E-state index contributed by atoms with van der Waals surface area (Å²) in [4.78, 5) is 22.3. The van der Waals surface area contributed by atoms with Crippen LogP contribution in [0.15, 0.2) is 61.1 Å². The first-order chi connectivity index (χ1) is 16.3. The number of aromatic nitrogens is 6. The fraction of sp³-hybridized carbons (Fsp3) is 0.208. The third-order valence-electron chi connectivity index (χ3n) is 5.66. The molecule has 0 bridgehead atoms. The van der Waals surface area contributed by atoms with Crippen molar-refractivity contribution in [1.29, 1.82) is 0 Å². The van der Waals surface area contributed by atoms with E-state index in [1.54, 1.807) is 36.0 Å². The highest BCUT2D eigenvalue weighted by atomic mass is 19.4. The van der Waals surface area contributed by atoms with Gasteiger partial charge < -0.3 is 0 Å². The van der Waals surface area contributed by atoms with Gasteiger partial charge in [-0.05, 0) is 61.4 Å². The fourth-order valence-electron chi connectivity index (χ4n) is 4.03. The lowest BCUT2D eigenvalue weighted by molar-refractivity contribution is -0.137. The number of alkyl halides is 3. The molecule has 0 aliphatic heterocycles. The number of rotatable bonds is 6. The molecule has 0 spiro atoms. The van der Waals surface area contributed by atoms with Gasteiger partial charge in [-0.15, -0.1) is 5.10 Å². The lowest BCUT2D eigenvalue weighted by Gasteiger charge is -2.10. The van der Waals surface area contributed by atoms with Gasteiger partial charge in [-0.3, -0.25) is 9.36 Å². The molecule has 0 unspecified atom stereocenters. The second-order valence-corrected chi connectivity index (χ2v) is 7.95. The highest BCUT2D eigenvalue weighted by molar-refractivity contribution is 6.09. The molecule has 0 aliphatic rings. The predicted molar refractivity (Wildman–Crippen MR) is 120 cm³/mol. The van der Waals surface area contributed by atoms with Crippen molar-refractivity contribution in [3.63, 3.8) is 0 Å². The van der Waals surface area contributed by atoms with Gasteiger partial charge in [0.2, 0.25) is 0 Å². The van der Waals surface area contributed by atoms with Crippen LogP contribution in [0.4, 0.5) is 13.2 Å². The van der Waals surface area contributed by atoms with Gasteiger partial charge in [0.1, 0.15) is 11.8 Å². The van der Waals surface area contributed by atoms with Crippen molar-refractivity contribution in [2.75, 3.05) is 0 Å². The van der Waals surface area contributed by atoms with Crippen LogP contribution in [0, 0.1) is 0 Å². The summed E-state index contributed by atoms with van der Waals surface area (Å²) in [6.07, 6.45) is 0.431. The fourth-order valence-corrected chi connectivity index (χ4v) is 4.03. The van der Waals surface area contributed by atoms with Crippen LogP contribution in [0.2, 0.25) is 0 Å². The maximum absolute atomic E-state index is 13.0. The number of hydrogen-bond acceptors (Lipinski definition) is 5. The number of benzene rings is 2. The van der Waals surface area contributed by atoms with Crippen LogP contribution < -0.4 is 0 Å². The molecule has 34 heavy (non-hydrogen) atoms. The number of nitrogens with zero attached hydrogens (tertiary/aromatic N) is 6. The molecule has 0 atom stereocenters. The number of carbonyl (C=O) groups is 1. The first kappa shape index (κ1) is 21.7. The molecule has 10 heteroatoms. The number of halogens is 3. The molecule has 0 radical (unpaired) electrons. The zero-order valence-corrected chi connectivity index (χ0v) is 18.1. The number of fused-ring (bicyclic) bond motifs is 3. The summed E-state index contributed by atoms with van der Waals surface area (Å²) in [7, 11) is 1.67. The van der Waals surface area contributed by atoms with Crippen LogP contribution in [0.25, 0.3) is 27.8 Å². The molecule has 0 fully saturated rings. The highest BCUT2D eigenvalue weighted by Gasteiger charge is 2.30. The number of carbonyl (C=O) groups excluding carboxylic acids is 1. The molecule has 0 saturated heterocycles. The number of Topliss-reactive ketones (excluding diaryl/α,β-unsaturated/α-hetero) is 1. The van der Waals surface area contributed by atoms with E-state index in [-0.39, 0.29) is 5.78 Å². The molecule has 0 amide bonds. The van der Waals surface area contributed by atoms with Crippen molar-refractivity contribution in [1.82, 2.24) is 29.5 Å². The van der Waals surface area contributed by atoms with Crippen molar-refractivity contribution >= 4 is 27.9 Å². The summed E-state index contributed by atoms with van der Waals surface area (Å²) in [5.74, 6) is -0.00437. The Hall–Kier alpha value is -4.08. The van der Waals surface area contributed by atoms with Crippen molar-refractivity contribution in [2.45, 2.75) is 25.4 Å². The summed E-state index contributed by atoms with van der Waals surface area (Å²) >= 11 is 0. The molecule has 0 aliphatic carbocycles. The summed E-state index contributed by atoms with van der Waals surface area (Å²) in [5.41, 5.74) is 3.03. The summed E-state index contributed by atoms with van der Waals surface area (Å²) in [5, 5.41) is 9.54. The lowest BCUT2D eigenvalue weighted by Crippen LogP contribution is -2.05. The molecule has 5 rings (SSSR count). The van der Waals surface area contributed by atoms with Gasteiger partial charge >= 0.3 is 6.18 Å². The van der Waals surface area contributed by atoms with Crippen molar-refractivity contribution in [2.24, 2.45) is 7.05 Å². The summed E-state index contributed by atoms with van der Waals surface area (Å²) in [6.45, 7) is 0. The molecule has 7 nitrogen and oxygen atoms in total. The maximum atomic E-state index is 13.0. The third kappa shape index (κ3) is 4.02. The Labute approximate surface area is 191 Å². The Morgan fingerprint density at radius 1 is 1.03 bits per heavy atom. The zero-order valence-electron chi connectivity index (χ0n) is 18.1. The van der Waals surface area contributed by atoms with Crippen LogP contribution in [0.3, 0.4) is 0 Å². The molecule has 2 aromatic carbocycles. The zero-order chi connectivity index (χ0) is 23.9. The standard InChI is InChI=1S/C24H19F3N6O/c1-32-30-22-19-13-15(21(34)4-2-3-17-11-12-28-14-29-17)5-10-20(19)33(23(22)31-32)18-8-6-16(7-9-18)24(25,26)27/h5-14H,2-4H2,1H3. The Kier molecular flexibility index (Phi) is 5.35. The van der Waals surface area contributed by atoms with E-state index in [0.29, 0.717) is 52.6 Å². The first-order valence-electron chi connectivity index (χ1n) is 10.6. The lowest BCUT2D eigenvalue weighted by atomic mass is 10.0. The largest absolute Gasteiger partial charge is 0.416 e. The molecule has 0 saturated carbocycles. The van der Waals surface area contributed by atoms with E-state index >= 15 is 0 Å². The Balaban J connectivity index is 1.48. The molecule has 172 valence electrons. The average Bonchev–Trinajstić information content (AvgIpc) is 3.33. The highest BCUT2D eigenvalue weighted by Crippen LogP contribution is 2.33. The second-order valence-electron chi connectivity index (χ2n) is 7.95. The minimum atomic E-state index is -4.41. The number of aryl methyl sites for hydroxylation is 2. The molecule has 3 heterocycles. The SMILES string of the molecule is Cn1nc2c3cc(C(=O)CCCc4ccncn4)ccc3n(-c3ccc(C(F)(F)F)cc3)c2n1. The monoisotopic (exact) mass is 464 g/mol. The van der Waals surface area contributed by atoms with Gasteiger partial charge in [0.05, 0.1) is 11.1 Å². The van der Waals surface area contributed by atoms with Crippen molar-refractivity contribution in [3.05, 3.63) is 77.9 Å². The molecule has 5 aromatic rings. The number of hydrogen-bond donors (Lipinski definition) is 0. The van der Waals surface area contributed by atoms with Crippen LogP contribution in [0.1, 0.15) is 34.5 Å². The molecular weight excluding hydrogens is 445 g/mol. The Morgan fingerprint density at radius 2 is 1.82 bits per heavy atom. The average molecular weight is 464 g/mol. The van der Waals surface area contributed by atoms with E-state index in [1.807, 2.05) is 6.07 Å². The predicted octanol–water partition coefficient (Wildman–Crippen LogP) is 4.93. The van der Waals surface area contributed by atoms with E-state index in [2.05, 4.69) is 20.2 Å².